The minimum atomic E-state index is -0.940. The lowest BCUT2D eigenvalue weighted by atomic mass is 10.1. The van der Waals surface area contributed by atoms with Crippen LogP contribution < -0.4 is 0 Å². The largest absolute Gasteiger partial charge is 0.462 e. The minimum absolute atomic E-state index is 0.0883. The van der Waals surface area contributed by atoms with Gasteiger partial charge in [-0.15, -0.1) is 0 Å². The number of rotatable bonds is 6. The molecule has 0 bridgehead atoms. The Bertz CT molecular complexity index is 1060. The van der Waals surface area contributed by atoms with Crippen LogP contribution in [0.4, 0.5) is 5.69 Å². The zero-order chi connectivity index (χ0) is 20.3. The molecule has 0 fully saturated rings. The third-order valence-corrected chi connectivity index (χ3v) is 4.06. The maximum Gasteiger partial charge on any atom is 0.342 e. The van der Waals surface area contributed by atoms with Gasteiger partial charge in [-0.05, 0) is 24.6 Å². The van der Waals surface area contributed by atoms with Crippen LogP contribution in [-0.2, 0) is 4.74 Å². The quantitative estimate of drug-likeness (QED) is 0.268. The van der Waals surface area contributed by atoms with E-state index in [0.717, 1.165) is 0 Å². The number of non-ortho nitro benzene ring substituents is 1. The Hall–Kier alpha value is -3.52. The van der Waals surface area contributed by atoms with Gasteiger partial charge in [-0.2, -0.15) is 5.10 Å². The molecule has 0 unspecified atom stereocenters. The fourth-order valence-electron chi connectivity index (χ4n) is 2.74. The highest BCUT2D eigenvalue weighted by Gasteiger charge is 2.30. The van der Waals surface area contributed by atoms with Gasteiger partial charge in [0.15, 0.2) is 5.69 Å². The molecule has 0 N–H and O–H groups in total. The molecular formula is C19H14ClN3O5. The fraction of sp³-hybridized carbons (Fsp3) is 0.105. The fourth-order valence-corrected chi connectivity index (χ4v) is 2.87. The van der Waals surface area contributed by atoms with Crippen molar-refractivity contribution in [2.75, 3.05) is 6.61 Å². The van der Waals surface area contributed by atoms with Gasteiger partial charge < -0.3 is 4.74 Å². The van der Waals surface area contributed by atoms with Gasteiger partial charge in [0.25, 0.3) is 10.9 Å². The van der Waals surface area contributed by atoms with E-state index >= 15 is 0 Å². The van der Waals surface area contributed by atoms with E-state index in [0.29, 0.717) is 11.3 Å². The van der Waals surface area contributed by atoms with E-state index in [9.17, 15) is 19.7 Å². The van der Waals surface area contributed by atoms with E-state index < -0.39 is 16.1 Å². The van der Waals surface area contributed by atoms with Gasteiger partial charge in [0, 0.05) is 17.7 Å². The highest BCUT2D eigenvalue weighted by Crippen LogP contribution is 2.31. The lowest BCUT2D eigenvalue weighted by Crippen LogP contribution is -2.09. The van der Waals surface area contributed by atoms with Crippen molar-refractivity contribution in [2.24, 2.45) is 0 Å². The molecule has 2 aromatic carbocycles. The topological polar surface area (TPSA) is 104 Å². The van der Waals surface area contributed by atoms with Gasteiger partial charge in [0.05, 0.1) is 22.9 Å². The van der Waals surface area contributed by atoms with Crippen molar-refractivity contribution in [3.63, 3.8) is 0 Å². The zero-order valence-electron chi connectivity index (χ0n) is 14.7. The molecule has 0 saturated heterocycles. The first-order valence-corrected chi connectivity index (χ1v) is 8.62. The third-order valence-electron chi connectivity index (χ3n) is 3.88. The van der Waals surface area contributed by atoms with Crippen LogP contribution in [0.15, 0.2) is 54.6 Å². The summed E-state index contributed by atoms with van der Waals surface area (Å²) in [7, 11) is 0. The summed E-state index contributed by atoms with van der Waals surface area (Å²) in [4.78, 5) is 35.1. The molecule has 142 valence electrons. The molecule has 1 heterocycles. The van der Waals surface area contributed by atoms with E-state index in [1.807, 2.05) is 0 Å². The summed E-state index contributed by atoms with van der Waals surface area (Å²) in [6.07, 6.45) is 0. The molecule has 8 nitrogen and oxygen atoms in total. The second kappa shape index (κ2) is 8.01. The van der Waals surface area contributed by atoms with Gasteiger partial charge in [-0.25, -0.2) is 9.48 Å². The molecule has 9 heteroatoms. The number of hydrogen-bond acceptors (Lipinski definition) is 6. The predicted molar refractivity (Wildman–Crippen MR) is 102 cm³/mol. The van der Waals surface area contributed by atoms with Gasteiger partial charge >= 0.3 is 5.97 Å². The van der Waals surface area contributed by atoms with Crippen molar-refractivity contribution in [3.8, 4) is 16.9 Å². The van der Waals surface area contributed by atoms with Crippen LogP contribution in [-0.4, -0.2) is 32.5 Å². The van der Waals surface area contributed by atoms with E-state index in [2.05, 4.69) is 5.10 Å². The van der Waals surface area contributed by atoms with Gasteiger partial charge in [-0.1, -0.05) is 36.4 Å². The number of carbonyl (C=O) groups is 2. The first-order valence-electron chi connectivity index (χ1n) is 8.24. The number of halogens is 1. The van der Waals surface area contributed by atoms with Crippen molar-refractivity contribution in [2.45, 2.75) is 6.92 Å². The number of nitro benzene ring substituents is 1. The van der Waals surface area contributed by atoms with Crippen LogP contribution >= 0.6 is 11.6 Å². The second-order valence-electron chi connectivity index (χ2n) is 5.62. The first kappa shape index (κ1) is 19.2. The Labute approximate surface area is 164 Å². The maximum absolute atomic E-state index is 12.6. The lowest BCUT2D eigenvalue weighted by Gasteiger charge is -2.10. The summed E-state index contributed by atoms with van der Waals surface area (Å²) in [5, 5.41) is 14.4. The van der Waals surface area contributed by atoms with Crippen LogP contribution in [0.25, 0.3) is 16.9 Å². The van der Waals surface area contributed by atoms with Crippen molar-refractivity contribution in [1.82, 2.24) is 9.78 Å². The molecule has 0 atom stereocenters. The number of carbonyl (C=O) groups excluding carboxylic acids is 2. The van der Waals surface area contributed by atoms with E-state index in [1.54, 1.807) is 43.3 Å². The average molecular weight is 400 g/mol. The maximum atomic E-state index is 12.6. The zero-order valence-corrected chi connectivity index (χ0v) is 15.4. The van der Waals surface area contributed by atoms with Crippen LogP contribution in [0.1, 0.15) is 27.8 Å². The van der Waals surface area contributed by atoms with E-state index in [4.69, 9.17) is 16.3 Å². The molecule has 1 aromatic heterocycles. The Balaban J connectivity index is 2.35. The summed E-state index contributed by atoms with van der Waals surface area (Å²) in [5.41, 5.74) is 0.563. The van der Waals surface area contributed by atoms with Crippen molar-refractivity contribution < 1.29 is 19.2 Å². The predicted octanol–water partition coefficient (Wildman–Crippen LogP) is 4.00. The summed E-state index contributed by atoms with van der Waals surface area (Å²) >= 11 is 5.66. The molecule has 0 aliphatic carbocycles. The summed E-state index contributed by atoms with van der Waals surface area (Å²) in [6.45, 7) is 1.72. The minimum Gasteiger partial charge on any atom is -0.462 e. The summed E-state index contributed by atoms with van der Waals surface area (Å²) in [6, 6.07) is 14.4. The Morgan fingerprint density at radius 3 is 2.50 bits per heavy atom. The van der Waals surface area contributed by atoms with E-state index in [1.165, 1.54) is 22.9 Å². The molecule has 28 heavy (non-hydrogen) atoms. The normalized spacial score (nSPS) is 10.5. The molecule has 3 rings (SSSR count). The highest BCUT2D eigenvalue weighted by atomic mass is 35.5. The number of ether oxygens (including phenoxy) is 1. The molecule has 0 spiro atoms. The third kappa shape index (κ3) is 3.63. The van der Waals surface area contributed by atoms with Gasteiger partial charge in [0.2, 0.25) is 0 Å². The van der Waals surface area contributed by atoms with E-state index in [-0.39, 0.29) is 29.2 Å². The van der Waals surface area contributed by atoms with Crippen LogP contribution in [0, 0.1) is 10.1 Å². The SMILES string of the molecule is CCOC(=O)c1c(C(=O)Cl)nn(-c2cccc([N+](=O)[O-])c2)c1-c1ccccc1. The molecular weight excluding hydrogens is 386 g/mol. The van der Waals surface area contributed by atoms with Crippen LogP contribution in [0.5, 0.6) is 0 Å². The monoisotopic (exact) mass is 399 g/mol. The molecule has 0 aliphatic rings. The highest BCUT2D eigenvalue weighted by molar-refractivity contribution is 6.68. The molecule has 0 radical (unpaired) electrons. The standard InChI is InChI=1S/C19H14ClN3O5/c1-2-28-19(25)15-16(18(20)24)21-22(17(15)12-7-4-3-5-8-12)13-9-6-10-14(11-13)23(26)27/h3-11H,2H2,1H3. The summed E-state index contributed by atoms with van der Waals surface area (Å²) in [5.74, 6) is -0.762. The molecule has 0 saturated carbocycles. The van der Waals surface area contributed by atoms with Gasteiger partial charge in [0.1, 0.15) is 5.56 Å². The van der Waals surface area contributed by atoms with Crippen molar-refractivity contribution >= 4 is 28.5 Å². The number of nitrogens with zero attached hydrogens (tertiary/aromatic N) is 3. The number of benzene rings is 2. The molecule has 3 aromatic rings. The number of nitro groups is 1. The number of esters is 1. The average Bonchev–Trinajstić information content (AvgIpc) is 3.10. The Morgan fingerprint density at radius 1 is 1.18 bits per heavy atom. The molecule has 0 aliphatic heterocycles. The van der Waals surface area contributed by atoms with Gasteiger partial charge in [-0.3, -0.25) is 14.9 Å². The molecule has 0 amide bonds. The Morgan fingerprint density at radius 2 is 1.89 bits per heavy atom. The number of aromatic nitrogens is 2. The van der Waals surface area contributed by atoms with Crippen molar-refractivity contribution in [1.29, 1.82) is 0 Å². The van der Waals surface area contributed by atoms with Crippen molar-refractivity contribution in [3.05, 3.63) is 76.0 Å². The smallest absolute Gasteiger partial charge is 0.342 e. The van der Waals surface area contributed by atoms with Crippen LogP contribution in [0.3, 0.4) is 0 Å². The second-order valence-corrected chi connectivity index (χ2v) is 5.96. The lowest BCUT2D eigenvalue weighted by molar-refractivity contribution is -0.384. The van der Waals surface area contributed by atoms with Crippen LogP contribution in [0.2, 0.25) is 0 Å². The number of hydrogen-bond donors (Lipinski definition) is 0. The Kier molecular flexibility index (Phi) is 5.51. The summed E-state index contributed by atoms with van der Waals surface area (Å²) < 4.78 is 6.36. The first-order chi connectivity index (χ1) is 13.4.